The zero-order valence-electron chi connectivity index (χ0n) is 11.4. The van der Waals surface area contributed by atoms with Crippen molar-refractivity contribution in [2.75, 3.05) is 31.5 Å². The van der Waals surface area contributed by atoms with E-state index in [1.54, 1.807) is 24.3 Å². The molecule has 0 aliphatic carbocycles. The van der Waals surface area contributed by atoms with Crippen molar-refractivity contribution in [2.45, 2.75) is 18.2 Å². The van der Waals surface area contributed by atoms with Crippen LogP contribution in [-0.2, 0) is 14.8 Å². The van der Waals surface area contributed by atoms with Gasteiger partial charge < -0.3 is 10.6 Å². The predicted octanol–water partition coefficient (Wildman–Crippen LogP) is 0.629. The van der Waals surface area contributed by atoms with Crippen molar-refractivity contribution < 1.29 is 13.2 Å². The van der Waals surface area contributed by atoms with E-state index in [4.69, 9.17) is 0 Å². The number of amides is 1. The van der Waals surface area contributed by atoms with Gasteiger partial charge in [-0.15, -0.1) is 0 Å². The molecule has 0 radical (unpaired) electrons. The van der Waals surface area contributed by atoms with Gasteiger partial charge in [-0.05, 0) is 31.2 Å². The first-order chi connectivity index (χ1) is 9.54. The Balaban J connectivity index is 2.18. The van der Waals surface area contributed by atoms with E-state index in [1.807, 2.05) is 6.92 Å². The molecule has 0 atom stereocenters. The van der Waals surface area contributed by atoms with Crippen LogP contribution in [0.1, 0.15) is 13.3 Å². The number of sulfonamides is 1. The predicted molar refractivity (Wildman–Crippen MR) is 77.0 cm³/mol. The molecule has 2 rings (SSSR count). The first-order valence-corrected chi connectivity index (χ1v) is 8.09. The van der Waals surface area contributed by atoms with E-state index in [-0.39, 0.29) is 23.8 Å². The molecule has 1 saturated heterocycles. The third-order valence-electron chi connectivity index (χ3n) is 3.14. The summed E-state index contributed by atoms with van der Waals surface area (Å²) in [5.74, 6) is -0.106. The van der Waals surface area contributed by atoms with Gasteiger partial charge in [0.05, 0.1) is 4.90 Å². The van der Waals surface area contributed by atoms with Crippen molar-refractivity contribution in [2.24, 2.45) is 0 Å². The average Bonchev–Trinajstić information content (AvgIpc) is 2.65. The summed E-state index contributed by atoms with van der Waals surface area (Å²) in [6.45, 7) is 3.65. The van der Waals surface area contributed by atoms with Crippen LogP contribution >= 0.6 is 0 Å². The molecule has 20 heavy (non-hydrogen) atoms. The molecule has 6 nitrogen and oxygen atoms in total. The quantitative estimate of drug-likeness (QED) is 0.854. The second-order valence-electron chi connectivity index (χ2n) is 4.56. The number of hydrogen-bond donors (Lipinski definition) is 2. The molecule has 0 saturated carbocycles. The molecule has 1 aromatic rings. The Morgan fingerprint density at radius 3 is 2.60 bits per heavy atom. The molecule has 0 bridgehead atoms. The Bertz CT molecular complexity index is 569. The van der Waals surface area contributed by atoms with Crippen LogP contribution < -0.4 is 10.6 Å². The van der Waals surface area contributed by atoms with E-state index in [0.29, 0.717) is 13.1 Å². The van der Waals surface area contributed by atoms with Gasteiger partial charge in [0, 0.05) is 38.3 Å². The first-order valence-electron chi connectivity index (χ1n) is 6.65. The number of nitrogens with zero attached hydrogens (tertiary/aromatic N) is 1. The lowest BCUT2D eigenvalue weighted by atomic mass is 10.3. The van der Waals surface area contributed by atoms with E-state index in [2.05, 4.69) is 10.6 Å². The van der Waals surface area contributed by atoms with E-state index in [1.165, 1.54) is 4.31 Å². The smallest absolute Gasteiger partial charge is 0.243 e. The van der Waals surface area contributed by atoms with Crippen LogP contribution in [0.15, 0.2) is 29.2 Å². The molecule has 1 heterocycles. The lowest BCUT2D eigenvalue weighted by Gasteiger charge is -2.19. The molecule has 0 aromatic heterocycles. The minimum absolute atomic E-state index is 0.106. The maximum absolute atomic E-state index is 12.5. The Hall–Kier alpha value is -1.60. The first kappa shape index (κ1) is 14.8. The Morgan fingerprint density at radius 1 is 1.25 bits per heavy atom. The molecular weight excluding hydrogens is 278 g/mol. The second kappa shape index (κ2) is 6.23. The summed E-state index contributed by atoms with van der Waals surface area (Å²) in [6.07, 6.45) is 0.203. The highest BCUT2D eigenvalue weighted by Gasteiger charge is 2.26. The van der Waals surface area contributed by atoms with Gasteiger partial charge in [0.15, 0.2) is 0 Å². The fourth-order valence-electron chi connectivity index (χ4n) is 2.08. The summed E-state index contributed by atoms with van der Waals surface area (Å²) in [6, 6.07) is 6.68. The number of carbonyl (C=O) groups excluding carboxylic acids is 1. The van der Waals surface area contributed by atoms with Crippen LogP contribution in [0.3, 0.4) is 0 Å². The van der Waals surface area contributed by atoms with E-state index < -0.39 is 10.0 Å². The zero-order chi connectivity index (χ0) is 14.6. The Labute approximate surface area is 119 Å². The highest BCUT2D eigenvalue weighted by atomic mass is 32.2. The Morgan fingerprint density at radius 2 is 1.95 bits per heavy atom. The molecule has 1 aliphatic heterocycles. The molecule has 1 aromatic carbocycles. The third kappa shape index (κ3) is 3.29. The number of anilines is 1. The van der Waals surface area contributed by atoms with Gasteiger partial charge in [0.1, 0.15) is 0 Å². The van der Waals surface area contributed by atoms with Crippen LogP contribution in [0.2, 0.25) is 0 Å². The van der Waals surface area contributed by atoms with Crippen LogP contribution in [0.25, 0.3) is 0 Å². The number of carbonyl (C=O) groups is 1. The van der Waals surface area contributed by atoms with Gasteiger partial charge in [0.25, 0.3) is 0 Å². The summed E-state index contributed by atoms with van der Waals surface area (Å²) < 4.78 is 26.3. The van der Waals surface area contributed by atoms with Gasteiger partial charge in [0.2, 0.25) is 15.9 Å². The monoisotopic (exact) mass is 297 g/mol. The van der Waals surface area contributed by atoms with Gasteiger partial charge >= 0.3 is 0 Å². The van der Waals surface area contributed by atoms with Gasteiger partial charge in [-0.1, -0.05) is 0 Å². The molecule has 0 spiro atoms. The molecule has 7 heteroatoms. The zero-order valence-corrected chi connectivity index (χ0v) is 12.2. The molecule has 1 fully saturated rings. The van der Waals surface area contributed by atoms with E-state index >= 15 is 0 Å². The van der Waals surface area contributed by atoms with Crippen molar-refractivity contribution >= 4 is 21.6 Å². The minimum Gasteiger partial charge on any atom is -0.385 e. The largest absolute Gasteiger partial charge is 0.385 e. The summed E-state index contributed by atoms with van der Waals surface area (Å²) in [7, 11) is -3.53. The van der Waals surface area contributed by atoms with Crippen molar-refractivity contribution in [1.29, 1.82) is 0 Å². The van der Waals surface area contributed by atoms with E-state index in [0.717, 1.165) is 12.2 Å². The molecule has 2 N–H and O–H groups in total. The second-order valence-corrected chi connectivity index (χ2v) is 6.50. The lowest BCUT2D eigenvalue weighted by molar-refractivity contribution is -0.120. The van der Waals surface area contributed by atoms with Crippen LogP contribution in [0.4, 0.5) is 5.69 Å². The average molecular weight is 297 g/mol. The summed E-state index contributed by atoms with van der Waals surface area (Å²) >= 11 is 0. The SMILES string of the molecule is CCNc1ccc(S(=O)(=O)N2CCNC(=O)CC2)cc1. The normalized spacial score (nSPS) is 17.4. The Kier molecular flexibility index (Phi) is 4.61. The topological polar surface area (TPSA) is 78.5 Å². The summed E-state index contributed by atoms with van der Waals surface area (Å²) in [5, 5.41) is 5.79. The molecule has 1 aliphatic rings. The minimum atomic E-state index is -3.53. The molecule has 110 valence electrons. The van der Waals surface area contributed by atoms with Crippen molar-refractivity contribution in [3.05, 3.63) is 24.3 Å². The number of hydrogen-bond acceptors (Lipinski definition) is 4. The fraction of sp³-hybridized carbons (Fsp3) is 0.462. The highest BCUT2D eigenvalue weighted by Crippen LogP contribution is 2.19. The van der Waals surface area contributed by atoms with Gasteiger partial charge in [-0.25, -0.2) is 8.42 Å². The van der Waals surface area contributed by atoms with Crippen molar-refractivity contribution in [3.63, 3.8) is 0 Å². The number of rotatable bonds is 4. The maximum Gasteiger partial charge on any atom is 0.243 e. The summed E-state index contributed by atoms with van der Waals surface area (Å²) in [5.41, 5.74) is 0.888. The third-order valence-corrected chi connectivity index (χ3v) is 5.06. The van der Waals surface area contributed by atoms with Crippen LogP contribution in [0, 0.1) is 0 Å². The lowest BCUT2D eigenvalue weighted by Crippen LogP contribution is -2.34. The fourth-order valence-corrected chi connectivity index (χ4v) is 3.53. The number of nitrogens with one attached hydrogen (secondary N) is 2. The van der Waals surface area contributed by atoms with Gasteiger partial charge in [-0.3, -0.25) is 4.79 Å². The molecule has 0 unspecified atom stereocenters. The van der Waals surface area contributed by atoms with Crippen molar-refractivity contribution in [3.8, 4) is 0 Å². The molecule has 1 amide bonds. The van der Waals surface area contributed by atoms with E-state index in [9.17, 15) is 13.2 Å². The van der Waals surface area contributed by atoms with Crippen molar-refractivity contribution in [1.82, 2.24) is 9.62 Å². The number of benzene rings is 1. The van der Waals surface area contributed by atoms with Crippen LogP contribution in [-0.4, -0.2) is 44.8 Å². The summed E-state index contributed by atoms with van der Waals surface area (Å²) in [4.78, 5) is 11.5. The van der Waals surface area contributed by atoms with Gasteiger partial charge in [-0.2, -0.15) is 4.31 Å². The van der Waals surface area contributed by atoms with Crippen LogP contribution in [0.5, 0.6) is 0 Å². The maximum atomic E-state index is 12.5. The molecular formula is C13H19N3O3S. The highest BCUT2D eigenvalue weighted by molar-refractivity contribution is 7.89. The standard InChI is InChI=1S/C13H19N3O3S/c1-2-14-11-3-5-12(6-4-11)20(18,19)16-9-7-13(17)15-8-10-16/h3-6,14H,2,7-10H2,1H3,(H,15,17).